The smallest absolute Gasteiger partial charge is 0.321 e. The van der Waals surface area contributed by atoms with Crippen molar-refractivity contribution in [1.82, 2.24) is 9.80 Å². The van der Waals surface area contributed by atoms with E-state index in [2.05, 4.69) is 23.8 Å². The van der Waals surface area contributed by atoms with Gasteiger partial charge in [-0.2, -0.15) is 0 Å². The van der Waals surface area contributed by atoms with Crippen LogP contribution in [0.1, 0.15) is 38.5 Å². The van der Waals surface area contributed by atoms with Crippen LogP contribution in [0.15, 0.2) is 36.9 Å². The van der Waals surface area contributed by atoms with E-state index in [1.54, 1.807) is 17.0 Å². The zero-order valence-electron chi connectivity index (χ0n) is 17.2. The second kappa shape index (κ2) is 11.8. The third-order valence-electron chi connectivity index (χ3n) is 5.34. The van der Waals surface area contributed by atoms with Crippen molar-refractivity contribution in [3.8, 4) is 0 Å². The molecule has 2 amide bonds. The highest BCUT2D eigenvalue weighted by Gasteiger charge is 2.27. The number of anilines is 1. The highest BCUT2D eigenvalue weighted by Crippen LogP contribution is 2.25. The summed E-state index contributed by atoms with van der Waals surface area (Å²) < 4.78 is 19.0. The molecule has 0 heterocycles. The Kier molecular flexibility index (Phi) is 9.44. The van der Waals surface area contributed by atoms with Crippen LogP contribution in [0.4, 0.5) is 14.9 Å². The Labute approximate surface area is 168 Å². The molecule has 0 unspecified atom stereocenters. The molecule has 0 aromatic heterocycles. The molecule has 1 fully saturated rings. The monoisotopic (exact) mass is 391 g/mol. The van der Waals surface area contributed by atoms with Crippen LogP contribution in [0, 0.1) is 5.82 Å². The lowest BCUT2D eigenvalue weighted by Crippen LogP contribution is -2.42. The van der Waals surface area contributed by atoms with Crippen LogP contribution >= 0.6 is 0 Å². The summed E-state index contributed by atoms with van der Waals surface area (Å²) in [6.07, 6.45) is 8.28. The fourth-order valence-electron chi connectivity index (χ4n) is 3.56. The topological polar surface area (TPSA) is 44.8 Å². The molecule has 156 valence electrons. The lowest BCUT2D eigenvalue weighted by Gasteiger charge is -2.34. The maximum absolute atomic E-state index is 13.0. The average molecular weight is 392 g/mol. The van der Waals surface area contributed by atoms with Crippen molar-refractivity contribution in [2.75, 3.05) is 39.1 Å². The van der Waals surface area contributed by atoms with E-state index in [0.717, 1.165) is 58.2 Å². The van der Waals surface area contributed by atoms with Crippen LogP contribution in [0.2, 0.25) is 0 Å². The number of urea groups is 1. The van der Waals surface area contributed by atoms with Crippen LogP contribution in [-0.4, -0.2) is 61.8 Å². The first-order valence-electron chi connectivity index (χ1n) is 10.2. The van der Waals surface area contributed by atoms with Gasteiger partial charge in [0.25, 0.3) is 0 Å². The SMILES string of the molecule is C=CCN(C)CCCCO[C@H]1CC[C@H](N(C)C(=O)Nc2ccc(F)cc2)CC1. The lowest BCUT2D eigenvalue weighted by molar-refractivity contribution is 0.0127. The van der Waals surface area contributed by atoms with Gasteiger partial charge in [-0.25, -0.2) is 9.18 Å². The summed E-state index contributed by atoms with van der Waals surface area (Å²) in [4.78, 5) is 16.4. The van der Waals surface area contributed by atoms with Crippen molar-refractivity contribution in [3.05, 3.63) is 42.7 Å². The van der Waals surface area contributed by atoms with Gasteiger partial charge in [-0.3, -0.25) is 0 Å². The number of hydrogen-bond acceptors (Lipinski definition) is 3. The van der Waals surface area contributed by atoms with Crippen molar-refractivity contribution >= 4 is 11.7 Å². The summed E-state index contributed by atoms with van der Waals surface area (Å²) in [5, 5.41) is 2.82. The molecule has 6 heteroatoms. The van der Waals surface area contributed by atoms with Crippen LogP contribution in [-0.2, 0) is 4.74 Å². The molecule has 1 aromatic rings. The molecule has 0 atom stereocenters. The number of benzene rings is 1. The molecule has 1 aliphatic carbocycles. The molecule has 0 radical (unpaired) electrons. The van der Waals surface area contributed by atoms with Crippen molar-refractivity contribution in [2.45, 2.75) is 50.7 Å². The molecular weight excluding hydrogens is 357 g/mol. The highest BCUT2D eigenvalue weighted by molar-refractivity contribution is 5.89. The van der Waals surface area contributed by atoms with Crippen LogP contribution in [0.3, 0.4) is 0 Å². The summed E-state index contributed by atoms with van der Waals surface area (Å²) in [5.41, 5.74) is 0.606. The van der Waals surface area contributed by atoms with Crippen LogP contribution in [0.5, 0.6) is 0 Å². The summed E-state index contributed by atoms with van der Waals surface area (Å²) in [6, 6.07) is 5.89. The molecule has 1 aromatic carbocycles. The average Bonchev–Trinajstić information content (AvgIpc) is 2.69. The second-order valence-corrected chi connectivity index (χ2v) is 7.61. The molecule has 0 aliphatic heterocycles. The summed E-state index contributed by atoms with van der Waals surface area (Å²) >= 11 is 0. The normalized spacial score (nSPS) is 19.4. The number of ether oxygens (including phenoxy) is 1. The molecule has 1 saturated carbocycles. The van der Waals surface area contributed by atoms with E-state index in [1.807, 2.05) is 13.1 Å². The first-order valence-corrected chi connectivity index (χ1v) is 10.2. The van der Waals surface area contributed by atoms with Crippen LogP contribution in [0.25, 0.3) is 0 Å². The minimum absolute atomic E-state index is 0.153. The first-order chi connectivity index (χ1) is 13.5. The van der Waals surface area contributed by atoms with E-state index in [0.29, 0.717) is 11.8 Å². The van der Waals surface area contributed by atoms with Crippen molar-refractivity contribution in [1.29, 1.82) is 0 Å². The molecule has 2 rings (SSSR count). The van der Waals surface area contributed by atoms with E-state index in [-0.39, 0.29) is 17.9 Å². The Morgan fingerprint density at radius 3 is 2.54 bits per heavy atom. The van der Waals surface area contributed by atoms with Gasteiger partial charge in [0.05, 0.1) is 6.10 Å². The predicted molar refractivity (Wildman–Crippen MR) is 112 cm³/mol. The van der Waals surface area contributed by atoms with Crippen molar-refractivity contribution in [3.63, 3.8) is 0 Å². The number of carbonyl (C=O) groups is 1. The van der Waals surface area contributed by atoms with E-state index < -0.39 is 0 Å². The van der Waals surface area contributed by atoms with Gasteiger partial charge in [0.1, 0.15) is 5.82 Å². The Morgan fingerprint density at radius 2 is 1.89 bits per heavy atom. The summed E-state index contributed by atoms with van der Waals surface area (Å²) in [7, 11) is 3.93. The van der Waals surface area contributed by atoms with Crippen molar-refractivity contribution < 1.29 is 13.9 Å². The summed E-state index contributed by atoms with van der Waals surface area (Å²) in [5.74, 6) is -0.312. The van der Waals surface area contributed by atoms with Gasteiger partial charge in [-0.15, -0.1) is 6.58 Å². The van der Waals surface area contributed by atoms with Gasteiger partial charge in [0.2, 0.25) is 0 Å². The first kappa shape index (κ1) is 22.4. The molecular formula is C22H34FN3O2. The molecule has 28 heavy (non-hydrogen) atoms. The zero-order chi connectivity index (χ0) is 20.4. The van der Waals surface area contributed by atoms with Crippen LogP contribution < -0.4 is 5.32 Å². The summed E-state index contributed by atoms with van der Waals surface area (Å²) in [6.45, 7) is 6.54. The Morgan fingerprint density at radius 1 is 1.21 bits per heavy atom. The van der Waals surface area contributed by atoms with Gasteiger partial charge in [0, 0.05) is 31.9 Å². The lowest BCUT2D eigenvalue weighted by atomic mass is 9.92. The maximum Gasteiger partial charge on any atom is 0.321 e. The van der Waals surface area contributed by atoms with Gasteiger partial charge in [-0.1, -0.05) is 6.08 Å². The Bertz CT molecular complexity index is 600. The third kappa shape index (κ3) is 7.60. The molecule has 0 bridgehead atoms. The zero-order valence-corrected chi connectivity index (χ0v) is 17.2. The predicted octanol–water partition coefficient (Wildman–Crippen LogP) is 4.52. The fraction of sp³-hybridized carbons (Fsp3) is 0.591. The number of hydrogen-bond donors (Lipinski definition) is 1. The minimum atomic E-state index is -0.312. The third-order valence-corrected chi connectivity index (χ3v) is 5.34. The number of nitrogens with one attached hydrogen (secondary N) is 1. The quantitative estimate of drug-likeness (QED) is 0.471. The maximum atomic E-state index is 13.0. The molecule has 1 aliphatic rings. The van der Waals surface area contributed by atoms with Gasteiger partial charge in [0.15, 0.2) is 0 Å². The van der Waals surface area contributed by atoms with Gasteiger partial charge in [-0.05, 0) is 76.4 Å². The standard InChI is InChI=1S/C22H34FN3O2/c1-4-15-25(2)16-5-6-17-28-21-13-11-20(12-14-21)26(3)22(27)24-19-9-7-18(23)8-10-19/h4,7-10,20-21H,1,5-6,11-17H2,2-3H3,(H,24,27)/t20-,21-. The van der Waals surface area contributed by atoms with E-state index in [1.165, 1.54) is 12.1 Å². The van der Waals surface area contributed by atoms with E-state index >= 15 is 0 Å². The number of carbonyl (C=O) groups excluding carboxylic acids is 1. The van der Waals surface area contributed by atoms with Crippen molar-refractivity contribution in [2.24, 2.45) is 0 Å². The number of rotatable bonds is 10. The van der Waals surface area contributed by atoms with Gasteiger partial charge >= 0.3 is 6.03 Å². The Hall–Kier alpha value is -1.92. The van der Waals surface area contributed by atoms with E-state index in [4.69, 9.17) is 4.74 Å². The number of unbranched alkanes of at least 4 members (excludes halogenated alkanes) is 1. The molecule has 5 nitrogen and oxygen atoms in total. The second-order valence-electron chi connectivity index (χ2n) is 7.61. The Balaban J connectivity index is 1.62. The highest BCUT2D eigenvalue weighted by atomic mass is 19.1. The van der Waals surface area contributed by atoms with E-state index in [9.17, 15) is 9.18 Å². The number of likely N-dealkylation sites (N-methyl/N-ethyl adjacent to an activating group) is 1. The fourth-order valence-corrected chi connectivity index (χ4v) is 3.56. The number of amides is 2. The molecule has 0 spiro atoms. The molecule has 1 N–H and O–H groups in total. The van der Waals surface area contributed by atoms with Gasteiger partial charge < -0.3 is 19.9 Å². The molecule has 0 saturated heterocycles. The minimum Gasteiger partial charge on any atom is -0.378 e. The number of halogens is 1. The number of nitrogens with zero attached hydrogens (tertiary/aromatic N) is 2. The largest absolute Gasteiger partial charge is 0.378 e.